The third kappa shape index (κ3) is 4.47. The Morgan fingerprint density at radius 2 is 2.16 bits per heavy atom. The maximum Gasteiger partial charge on any atom is 0.263 e. The summed E-state index contributed by atoms with van der Waals surface area (Å²) in [7, 11) is -3.07. The predicted molar refractivity (Wildman–Crippen MR) is 126 cm³/mol. The summed E-state index contributed by atoms with van der Waals surface area (Å²) in [6.07, 6.45) is 6.30. The van der Waals surface area contributed by atoms with E-state index in [1.54, 1.807) is 26.9 Å². The van der Waals surface area contributed by atoms with Crippen LogP contribution in [0.1, 0.15) is 36.6 Å². The summed E-state index contributed by atoms with van der Waals surface area (Å²) in [6.45, 7) is 6.43. The maximum atomic E-state index is 13.3. The first-order valence-electron chi connectivity index (χ1n) is 10.6. The van der Waals surface area contributed by atoms with E-state index in [0.29, 0.717) is 24.7 Å². The van der Waals surface area contributed by atoms with E-state index in [2.05, 4.69) is 6.58 Å². The standard InChI is InChI=1S/C21H27N3O4S3/c1-3-10-24-20(26)18-15-7-5-6-8-16(15)30-19(18)22-21(24)29-12-17(25)23(4-2)14-9-11-31(27,28)13-14/h3,14H,1,4-13H2,2H3. The number of carbonyl (C=O) groups is 1. The molecule has 2 aromatic rings. The lowest BCUT2D eigenvalue weighted by molar-refractivity contribution is -0.129. The van der Waals surface area contributed by atoms with Crippen molar-refractivity contribution in [2.24, 2.45) is 0 Å². The van der Waals surface area contributed by atoms with Crippen molar-refractivity contribution in [3.05, 3.63) is 33.4 Å². The van der Waals surface area contributed by atoms with Gasteiger partial charge in [0.15, 0.2) is 15.0 Å². The first kappa shape index (κ1) is 22.5. The highest BCUT2D eigenvalue weighted by Crippen LogP contribution is 2.34. The number of thiophene rings is 1. The lowest BCUT2D eigenvalue weighted by Crippen LogP contribution is -2.42. The molecule has 0 bridgehead atoms. The zero-order chi connectivity index (χ0) is 22.2. The molecule has 168 valence electrons. The molecule has 1 unspecified atom stereocenters. The van der Waals surface area contributed by atoms with Crippen LogP contribution in [0, 0.1) is 0 Å². The number of allylic oxidation sites excluding steroid dienone is 1. The normalized spacial score (nSPS) is 20.0. The summed E-state index contributed by atoms with van der Waals surface area (Å²) in [5.74, 6) is 0.155. The minimum Gasteiger partial charge on any atom is -0.338 e. The van der Waals surface area contributed by atoms with Crippen molar-refractivity contribution in [2.45, 2.75) is 56.8 Å². The SMILES string of the molecule is C=CCn1c(SCC(=O)N(CC)C2CCS(=O)(=O)C2)nc2sc3c(c2c1=O)CCCC3. The second-order valence-electron chi connectivity index (χ2n) is 8.02. The third-order valence-corrected chi connectivity index (χ3v) is 9.88. The molecular formula is C21H27N3O4S3. The van der Waals surface area contributed by atoms with Crippen molar-refractivity contribution in [1.82, 2.24) is 14.5 Å². The van der Waals surface area contributed by atoms with Crippen LogP contribution < -0.4 is 5.56 Å². The van der Waals surface area contributed by atoms with Crippen LogP contribution in [0.15, 0.2) is 22.6 Å². The van der Waals surface area contributed by atoms with Crippen LogP contribution in [0.5, 0.6) is 0 Å². The number of sulfone groups is 1. The van der Waals surface area contributed by atoms with Crippen LogP contribution in [0.4, 0.5) is 0 Å². The molecule has 3 heterocycles. The van der Waals surface area contributed by atoms with Gasteiger partial charge in [0.05, 0.1) is 22.6 Å². The number of aromatic nitrogens is 2. The second kappa shape index (κ2) is 9.07. The molecule has 1 atom stereocenters. The van der Waals surface area contributed by atoms with Crippen LogP contribution in [-0.4, -0.2) is 58.6 Å². The largest absolute Gasteiger partial charge is 0.338 e. The van der Waals surface area contributed by atoms with Gasteiger partial charge in [-0.2, -0.15) is 0 Å². The van der Waals surface area contributed by atoms with Gasteiger partial charge in [-0.15, -0.1) is 17.9 Å². The van der Waals surface area contributed by atoms with Crippen molar-refractivity contribution in [3.63, 3.8) is 0 Å². The topological polar surface area (TPSA) is 89.3 Å². The number of aryl methyl sites for hydroxylation is 2. The summed E-state index contributed by atoms with van der Waals surface area (Å²) in [5.41, 5.74) is 1.09. The Morgan fingerprint density at radius 1 is 1.39 bits per heavy atom. The van der Waals surface area contributed by atoms with Crippen molar-refractivity contribution in [1.29, 1.82) is 0 Å². The second-order valence-corrected chi connectivity index (χ2v) is 12.3. The van der Waals surface area contributed by atoms with E-state index < -0.39 is 9.84 Å². The molecule has 1 amide bonds. The molecule has 4 rings (SSSR count). The monoisotopic (exact) mass is 481 g/mol. The highest BCUT2D eigenvalue weighted by atomic mass is 32.2. The third-order valence-electron chi connectivity index (χ3n) is 5.99. The van der Waals surface area contributed by atoms with Crippen LogP contribution in [0.2, 0.25) is 0 Å². The zero-order valence-electron chi connectivity index (χ0n) is 17.6. The summed E-state index contributed by atoms with van der Waals surface area (Å²) >= 11 is 2.84. The fourth-order valence-electron chi connectivity index (χ4n) is 4.49. The Hall–Kier alpha value is -1.65. The molecule has 0 spiro atoms. The van der Waals surface area contributed by atoms with E-state index in [0.717, 1.165) is 41.5 Å². The smallest absolute Gasteiger partial charge is 0.263 e. The fraction of sp³-hybridized carbons (Fsp3) is 0.571. The highest BCUT2D eigenvalue weighted by Gasteiger charge is 2.34. The average Bonchev–Trinajstić information content (AvgIpc) is 3.29. The van der Waals surface area contributed by atoms with E-state index >= 15 is 0 Å². The van der Waals surface area contributed by atoms with Crippen molar-refractivity contribution in [3.8, 4) is 0 Å². The summed E-state index contributed by atoms with van der Waals surface area (Å²) in [5, 5.41) is 1.24. The van der Waals surface area contributed by atoms with Gasteiger partial charge < -0.3 is 4.90 Å². The fourth-order valence-corrected chi connectivity index (χ4v) is 8.42. The maximum absolute atomic E-state index is 13.3. The van der Waals surface area contributed by atoms with Gasteiger partial charge in [-0.05, 0) is 44.6 Å². The number of fused-ring (bicyclic) bond motifs is 3. The summed E-state index contributed by atoms with van der Waals surface area (Å²) in [6, 6.07) is -0.266. The number of thioether (sulfide) groups is 1. The molecule has 0 aromatic carbocycles. The number of hydrogen-bond donors (Lipinski definition) is 0. The van der Waals surface area contributed by atoms with Gasteiger partial charge in [0, 0.05) is 24.0 Å². The van der Waals surface area contributed by atoms with Crippen LogP contribution in [0.3, 0.4) is 0 Å². The number of nitrogens with zero attached hydrogens (tertiary/aromatic N) is 3. The van der Waals surface area contributed by atoms with E-state index in [4.69, 9.17) is 4.98 Å². The van der Waals surface area contributed by atoms with E-state index in [-0.39, 0.29) is 34.8 Å². The molecule has 0 radical (unpaired) electrons. The Morgan fingerprint density at radius 3 is 2.84 bits per heavy atom. The summed E-state index contributed by atoms with van der Waals surface area (Å²) < 4.78 is 25.3. The summed E-state index contributed by atoms with van der Waals surface area (Å²) in [4.78, 5) is 34.6. The lowest BCUT2D eigenvalue weighted by Gasteiger charge is -2.26. The van der Waals surface area contributed by atoms with E-state index in [9.17, 15) is 18.0 Å². The lowest BCUT2D eigenvalue weighted by atomic mass is 9.97. The first-order valence-corrected chi connectivity index (χ1v) is 14.3. The van der Waals surface area contributed by atoms with Gasteiger partial charge in [-0.1, -0.05) is 17.8 Å². The Balaban J connectivity index is 1.60. The molecular weight excluding hydrogens is 454 g/mol. The molecule has 7 nitrogen and oxygen atoms in total. The van der Waals surface area contributed by atoms with Crippen LogP contribution in [-0.2, 0) is 34.0 Å². The quantitative estimate of drug-likeness (QED) is 0.343. The Kier molecular flexibility index (Phi) is 6.60. The minimum atomic E-state index is -3.07. The molecule has 1 aliphatic heterocycles. The van der Waals surface area contributed by atoms with Gasteiger partial charge >= 0.3 is 0 Å². The molecule has 2 aromatic heterocycles. The van der Waals surface area contributed by atoms with Crippen molar-refractivity contribution < 1.29 is 13.2 Å². The first-order chi connectivity index (χ1) is 14.8. The van der Waals surface area contributed by atoms with Crippen LogP contribution in [0.25, 0.3) is 10.2 Å². The molecule has 1 saturated heterocycles. The minimum absolute atomic E-state index is 0.0311. The molecule has 10 heteroatoms. The molecule has 0 saturated carbocycles. The van der Waals surface area contributed by atoms with Gasteiger partial charge in [0.25, 0.3) is 5.56 Å². The highest BCUT2D eigenvalue weighted by molar-refractivity contribution is 7.99. The molecule has 1 fully saturated rings. The van der Waals surface area contributed by atoms with Gasteiger partial charge in [-0.3, -0.25) is 14.2 Å². The number of amides is 1. The van der Waals surface area contributed by atoms with Gasteiger partial charge in [0.1, 0.15) is 4.83 Å². The average molecular weight is 482 g/mol. The number of rotatable bonds is 7. The molecule has 1 aliphatic carbocycles. The number of carbonyl (C=O) groups excluding carboxylic acids is 1. The van der Waals surface area contributed by atoms with Gasteiger partial charge in [-0.25, -0.2) is 13.4 Å². The molecule has 0 N–H and O–H groups in total. The van der Waals surface area contributed by atoms with E-state index in [1.165, 1.54) is 16.6 Å². The Bertz CT molecular complexity index is 1180. The zero-order valence-corrected chi connectivity index (χ0v) is 20.1. The molecule has 2 aliphatic rings. The number of hydrogen-bond acceptors (Lipinski definition) is 7. The molecule has 31 heavy (non-hydrogen) atoms. The van der Waals surface area contributed by atoms with Gasteiger partial charge in [0.2, 0.25) is 5.91 Å². The van der Waals surface area contributed by atoms with Crippen LogP contribution >= 0.6 is 23.1 Å². The van der Waals surface area contributed by atoms with Crippen molar-refractivity contribution in [2.75, 3.05) is 23.8 Å². The predicted octanol–water partition coefficient (Wildman–Crippen LogP) is 2.65. The Labute approximate surface area is 190 Å². The van der Waals surface area contributed by atoms with E-state index in [1.807, 2.05) is 6.92 Å². The van der Waals surface area contributed by atoms with Crippen molar-refractivity contribution >= 4 is 49.1 Å².